The van der Waals surface area contributed by atoms with E-state index in [0.29, 0.717) is 0 Å². The molecule has 0 fully saturated rings. The Morgan fingerprint density at radius 1 is 1.44 bits per heavy atom. The van der Waals surface area contributed by atoms with E-state index in [0.717, 1.165) is 28.5 Å². The minimum atomic E-state index is 0.0959. The van der Waals surface area contributed by atoms with Gasteiger partial charge in [-0.25, -0.2) is 0 Å². The van der Waals surface area contributed by atoms with Gasteiger partial charge in [-0.3, -0.25) is 4.79 Å². The van der Waals surface area contributed by atoms with Crippen molar-refractivity contribution in [1.82, 2.24) is 4.98 Å². The third kappa shape index (κ3) is 1.64. The van der Waals surface area contributed by atoms with Crippen LogP contribution in [-0.2, 0) is 0 Å². The van der Waals surface area contributed by atoms with Crippen molar-refractivity contribution in [3.05, 3.63) is 35.5 Å². The maximum absolute atomic E-state index is 12.2. The number of Topliss-reactive ketones (excluding diaryl/α,β-unsaturated/α-hetero) is 1. The highest BCUT2D eigenvalue weighted by Crippen LogP contribution is 2.24. The SMILES string of the molecule is CCC(C)C(=O)c1c[nH]c2cccc(C)c12. The normalized spacial score (nSPS) is 12.9. The van der Waals surface area contributed by atoms with E-state index in [1.807, 2.05) is 45.2 Å². The Balaban J connectivity index is 2.57. The molecule has 0 aliphatic heterocycles. The topological polar surface area (TPSA) is 32.9 Å². The fourth-order valence-electron chi connectivity index (χ4n) is 2.01. The largest absolute Gasteiger partial charge is 0.360 e. The van der Waals surface area contributed by atoms with Crippen molar-refractivity contribution in [2.45, 2.75) is 27.2 Å². The molecule has 1 heterocycles. The van der Waals surface area contributed by atoms with Crippen LogP contribution in [0.3, 0.4) is 0 Å². The molecular weight excluding hydrogens is 198 g/mol. The van der Waals surface area contributed by atoms with Crippen molar-refractivity contribution in [3.8, 4) is 0 Å². The van der Waals surface area contributed by atoms with Gasteiger partial charge in [-0.1, -0.05) is 26.0 Å². The number of H-pyrrole nitrogens is 1. The van der Waals surface area contributed by atoms with Crippen LogP contribution in [0.15, 0.2) is 24.4 Å². The molecule has 0 aliphatic rings. The fourth-order valence-corrected chi connectivity index (χ4v) is 2.01. The van der Waals surface area contributed by atoms with Crippen molar-refractivity contribution in [2.75, 3.05) is 0 Å². The van der Waals surface area contributed by atoms with Gasteiger partial charge in [-0.05, 0) is 25.0 Å². The molecule has 1 aromatic heterocycles. The third-order valence-electron chi connectivity index (χ3n) is 3.24. The molecular formula is C14H17NO. The minimum absolute atomic E-state index is 0.0959. The lowest BCUT2D eigenvalue weighted by Gasteiger charge is -2.06. The number of hydrogen-bond acceptors (Lipinski definition) is 1. The van der Waals surface area contributed by atoms with Gasteiger partial charge in [0.2, 0.25) is 0 Å². The fraction of sp³-hybridized carbons (Fsp3) is 0.357. The van der Waals surface area contributed by atoms with Crippen molar-refractivity contribution in [1.29, 1.82) is 0 Å². The van der Waals surface area contributed by atoms with Gasteiger partial charge in [-0.2, -0.15) is 0 Å². The summed E-state index contributed by atoms with van der Waals surface area (Å²) in [5.41, 5.74) is 3.04. The summed E-state index contributed by atoms with van der Waals surface area (Å²) in [6, 6.07) is 6.06. The summed E-state index contributed by atoms with van der Waals surface area (Å²) in [7, 11) is 0. The first-order valence-corrected chi connectivity index (χ1v) is 5.76. The lowest BCUT2D eigenvalue weighted by Crippen LogP contribution is -2.09. The predicted octanol–water partition coefficient (Wildman–Crippen LogP) is 3.71. The molecule has 1 unspecified atom stereocenters. The van der Waals surface area contributed by atoms with Crippen molar-refractivity contribution >= 4 is 16.7 Å². The molecule has 2 aromatic rings. The molecule has 2 nitrogen and oxygen atoms in total. The first-order chi connectivity index (χ1) is 7.65. The van der Waals surface area contributed by atoms with Gasteiger partial charge >= 0.3 is 0 Å². The highest BCUT2D eigenvalue weighted by molar-refractivity contribution is 6.09. The van der Waals surface area contributed by atoms with Gasteiger partial charge < -0.3 is 4.98 Å². The highest BCUT2D eigenvalue weighted by atomic mass is 16.1. The highest BCUT2D eigenvalue weighted by Gasteiger charge is 2.17. The zero-order chi connectivity index (χ0) is 11.7. The van der Waals surface area contributed by atoms with Crippen molar-refractivity contribution < 1.29 is 4.79 Å². The number of fused-ring (bicyclic) bond motifs is 1. The van der Waals surface area contributed by atoms with Crippen molar-refractivity contribution in [3.63, 3.8) is 0 Å². The Kier molecular flexibility index (Phi) is 2.82. The molecule has 0 saturated carbocycles. The van der Waals surface area contributed by atoms with E-state index in [4.69, 9.17) is 0 Å². The molecule has 0 spiro atoms. The van der Waals surface area contributed by atoms with Crippen LogP contribution in [0.4, 0.5) is 0 Å². The number of hydrogen-bond donors (Lipinski definition) is 1. The Bertz CT molecular complexity index is 525. The molecule has 0 radical (unpaired) electrons. The maximum Gasteiger partial charge on any atom is 0.167 e. The number of carbonyl (C=O) groups is 1. The predicted molar refractivity (Wildman–Crippen MR) is 66.8 cm³/mol. The second kappa shape index (κ2) is 4.12. The zero-order valence-electron chi connectivity index (χ0n) is 10.0. The monoisotopic (exact) mass is 215 g/mol. The second-order valence-electron chi connectivity index (χ2n) is 4.37. The van der Waals surface area contributed by atoms with E-state index >= 15 is 0 Å². The molecule has 1 atom stereocenters. The molecule has 84 valence electrons. The van der Waals surface area contributed by atoms with Gasteiger partial charge in [-0.15, -0.1) is 0 Å². The van der Waals surface area contributed by atoms with E-state index in [1.54, 1.807) is 0 Å². The summed E-state index contributed by atoms with van der Waals surface area (Å²) >= 11 is 0. The molecule has 2 rings (SSSR count). The molecule has 0 amide bonds. The Morgan fingerprint density at radius 2 is 2.19 bits per heavy atom. The smallest absolute Gasteiger partial charge is 0.167 e. The third-order valence-corrected chi connectivity index (χ3v) is 3.24. The van der Waals surface area contributed by atoms with E-state index in [-0.39, 0.29) is 11.7 Å². The van der Waals surface area contributed by atoms with E-state index < -0.39 is 0 Å². The molecule has 2 heteroatoms. The number of carbonyl (C=O) groups excluding carboxylic acids is 1. The summed E-state index contributed by atoms with van der Waals surface area (Å²) in [4.78, 5) is 15.4. The average molecular weight is 215 g/mol. The standard InChI is InChI=1S/C14H17NO/c1-4-9(2)14(16)11-8-15-12-7-5-6-10(3)13(11)12/h5-9,15H,4H2,1-3H3. The molecule has 0 aliphatic carbocycles. The van der Waals surface area contributed by atoms with E-state index in [2.05, 4.69) is 4.98 Å². The number of aryl methyl sites for hydroxylation is 1. The molecule has 0 saturated heterocycles. The van der Waals surface area contributed by atoms with Crippen LogP contribution in [0.25, 0.3) is 10.9 Å². The molecule has 1 N–H and O–H groups in total. The summed E-state index contributed by atoms with van der Waals surface area (Å²) < 4.78 is 0. The van der Waals surface area contributed by atoms with Crippen LogP contribution in [0.5, 0.6) is 0 Å². The molecule has 16 heavy (non-hydrogen) atoms. The first-order valence-electron chi connectivity index (χ1n) is 5.76. The van der Waals surface area contributed by atoms with Crippen LogP contribution in [0, 0.1) is 12.8 Å². The lowest BCUT2D eigenvalue weighted by atomic mass is 9.95. The van der Waals surface area contributed by atoms with E-state index in [9.17, 15) is 4.79 Å². The van der Waals surface area contributed by atoms with Crippen molar-refractivity contribution in [2.24, 2.45) is 5.92 Å². The van der Waals surface area contributed by atoms with Crippen LogP contribution < -0.4 is 0 Å². The van der Waals surface area contributed by atoms with Crippen LogP contribution in [0.2, 0.25) is 0 Å². The summed E-state index contributed by atoms with van der Waals surface area (Å²) in [5, 5.41) is 1.08. The second-order valence-corrected chi connectivity index (χ2v) is 4.37. The minimum Gasteiger partial charge on any atom is -0.360 e. The Hall–Kier alpha value is -1.57. The summed E-state index contributed by atoms with van der Waals surface area (Å²) in [5.74, 6) is 0.335. The quantitative estimate of drug-likeness (QED) is 0.778. The first kappa shape index (κ1) is 10.9. The number of nitrogens with one attached hydrogen (secondary N) is 1. The molecule has 1 aromatic carbocycles. The van der Waals surface area contributed by atoms with Gasteiger partial charge in [0.25, 0.3) is 0 Å². The van der Waals surface area contributed by atoms with E-state index in [1.165, 1.54) is 0 Å². The average Bonchev–Trinajstić information content (AvgIpc) is 2.72. The number of rotatable bonds is 3. The maximum atomic E-state index is 12.2. The number of benzene rings is 1. The number of aromatic nitrogens is 1. The molecule has 0 bridgehead atoms. The van der Waals surface area contributed by atoms with Gasteiger partial charge in [0.1, 0.15) is 0 Å². The summed E-state index contributed by atoms with van der Waals surface area (Å²) in [6.07, 6.45) is 2.73. The summed E-state index contributed by atoms with van der Waals surface area (Å²) in [6.45, 7) is 6.08. The zero-order valence-corrected chi connectivity index (χ0v) is 10.0. The van der Waals surface area contributed by atoms with Crippen LogP contribution >= 0.6 is 0 Å². The Labute approximate surface area is 95.7 Å². The van der Waals surface area contributed by atoms with Crippen LogP contribution in [0.1, 0.15) is 36.2 Å². The van der Waals surface area contributed by atoms with Gasteiger partial charge in [0.15, 0.2) is 5.78 Å². The Morgan fingerprint density at radius 3 is 2.88 bits per heavy atom. The number of ketones is 1. The number of aromatic amines is 1. The van der Waals surface area contributed by atoms with Gasteiger partial charge in [0, 0.05) is 28.6 Å². The lowest BCUT2D eigenvalue weighted by molar-refractivity contribution is 0.0929. The van der Waals surface area contributed by atoms with Gasteiger partial charge in [0.05, 0.1) is 0 Å². The van der Waals surface area contributed by atoms with Crippen LogP contribution in [-0.4, -0.2) is 10.8 Å².